The number of hydrogen-bond donors (Lipinski definition) is 3. The average molecular weight is 476 g/mol. The van der Waals surface area contributed by atoms with Crippen LogP contribution >= 0.6 is 23.4 Å². The zero-order chi connectivity index (χ0) is 22.9. The first-order valence-electron chi connectivity index (χ1n) is 10.3. The van der Waals surface area contributed by atoms with E-state index in [9.17, 15) is 5.11 Å². The molecule has 32 heavy (non-hydrogen) atoms. The minimum atomic E-state index is -0.275. The molecule has 0 amide bonds. The van der Waals surface area contributed by atoms with Gasteiger partial charge in [0, 0.05) is 35.6 Å². The van der Waals surface area contributed by atoms with E-state index in [4.69, 9.17) is 32.5 Å². The lowest BCUT2D eigenvalue weighted by Crippen LogP contribution is -2.51. The van der Waals surface area contributed by atoms with Gasteiger partial charge in [0.1, 0.15) is 22.3 Å². The molecule has 0 bridgehead atoms. The molecule has 0 aromatic carbocycles. The minimum Gasteiger partial charge on any atom is -0.448 e. The van der Waals surface area contributed by atoms with E-state index in [1.54, 1.807) is 18.5 Å². The molecule has 1 fully saturated rings. The summed E-state index contributed by atoms with van der Waals surface area (Å²) in [4.78, 5) is 20.4. The first-order valence-corrected chi connectivity index (χ1v) is 11.5. The van der Waals surface area contributed by atoms with Crippen molar-refractivity contribution < 1.29 is 9.52 Å². The maximum absolute atomic E-state index is 10.0. The second kappa shape index (κ2) is 9.22. The molecule has 3 aromatic heterocycles. The molecule has 3 aromatic rings. The van der Waals surface area contributed by atoms with Crippen LogP contribution in [-0.2, 0) is 12.0 Å². The number of anilines is 2. The Kier molecular flexibility index (Phi) is 6.57. The molecule has 1 atom stereocenters. The summed E-state index contributed by atoms with van der Waals surface area (Å²) in [5, 5.41) is 11.1. The van der Waals surface area contributed by atoms with Crippen LogP contribution < -0.4 is 16.4 Å². The third-order valence-electron chi connectivity index (χ3n) is 6.06. The van der Waals surface area contributed by atoms with Crippen LogP contribution in [0.1, 0.15) is 36.9 Å². The summed E-state index contributed by atoms with van der Waals surface area (Å²) in [6, 6.07) is 1.69. The first kappa shape index (κ1) is 22.8. The third-order valence-corrected chi connectivity index (χ3v) is 7.71. The van der Waals surface area contributed by atoms with Crippen LogP contribution in [-0.4, -0.2) is 44.2 Å². The Morgan fingerprint density at radius 3 is 2.72 bits per heavy atom. The summed E-state index contributed by atoms with van der Waals surface area (Å²) >= 11 is 7.63. The fourth-order valence-corrected chi connectivity index (χ4v) is 5.22. The number of piperidine rings is 1. The predicted octanol–water partition coefficient (Wildman–Crippen LogP) is 2.93. The zero-order valence-electron chi connectivity index (χ0n) is 18.0. The molecule has 5 N–H and O–H groups in total. The molecule has 0 aliphatic carbocycles. The lowest BCUT2D eigenvalue weighted by Gasteiger charge is -2.43. The summed E-state index contributed by atoms with van der Waals surface area (Å²) in [6.45, 7) is 5.10. The van der Waals surface area contributed by atoms with Crippen molar-refractivity contribution in [1.82, 2.24) is 19.9 Å². The number of aryl methyl sites for hydroxylation is 1. The van der Waals surface area contributed by atoms with Gasteiger partial charge in [0.2, 0.25) is 0 Å². The summed E-state index contributed by atoms with van der Waals surface area (Å²) in [5.74, 6) is 1.77. The highest BCUT2D eigenvalue weighted by atomic mass is 35.5. The quantitative estimate of drug-likeness (QED) is 0.487. The number of rotatable bonds is 6. The number of aliphatic hydroxyl groups is 1. The lowest BCUT2D eigenvalue weighted by molar-refractivity contribution is 0.233. The van der Waals surface area contributed by atoms with Crippen molar-refractivity contribution in [2.24, 2.45) is 5.73 Å². The number of oxazole rings is 1. The Morgan fingerprint density at radius 2 is 2.09 bits per heavy atom. The van der Waals surface area contributed by atoms with Gasteiger partial charge in [-0.25, -0.2) is 19.9 Å². The number of nitrogen functional groups attached to an aromatic ring is 1. The van der Waals surface area contributed by atoms with E-state index in [1.807, 2.05) is 13.8 Å². The van der Waals surface area contributed by atoms with Crippen molar-refractivity contribution in [2.75, 3.05) is 23.7 Å². The van der Waals surface area contributed by atoms with E-state index in [2.05, 4.69) is 19.9 Å². The fraction of sp³-hybridized carbons (Fsp3) is 0.429. The van der Waals surface area contributed by atoms with Crippen LogP contribution in [0.3, 0.4) is 0 Å². The van der Waals surface area contributed by atoms with Gasteiger partial charge in [-0.15, -0.1) is 0 Å². The maximum atomic E-state index is 10.0. The molecule has 1 aliphatic rings. The Labute approximate surface area is 195 Å². The van der Waals surface area contributed by atoms with Crippen LogP contribution in [0, 0.1) is 6.92 Å². The van der Waals surface area contributed by atoms with E-state index < -0.39 is 0 Å². The van der Waals surface area contributed by atoms with Crippen LogP contribution in [0.25, 0.3) is 0 Å². The Balaban J connectivity index is 1.58. The summed E-state index contributed by atoms with van der Waals surface area (Å²) in [6.07, 6.45) is 6.37. The molecule has 1 saturated heterocycles. The fourth-order valence-electron chi connectivity index (χ4n) is 4.11. The highest BCUT2D eigenvalue weighted by molar-refractivity contribution is 7.99. The number of pyridine rings is 1. The van der Waals surface area contributed by atoms with Crippen molar-refractivity contribution in [1.29, 1.82) is 0 Å². The molecule has 0 radical (unpaired) electrons. The first-order chi connectivity index (χ1) is 15.4. The van der Waals surface area contributed by atoms with Gasteiger partial charge in [0.25, 0.3) is 0 Å². The summed E-state index contributed by atoms with van der Waals surface area (Å²) in [7, 11) is 0. The van der Waals surface area contributed by atoms with Crippen molar-refractivity contribution in [3.8, 4) is 0 Å². The molecule has 0 spiro atoms. The van der Waals surface area contributed by atoms with Crippen molar-refractivity contribution >= 4 is 35.0 Å². The molecule has 1 aliphatic heterocycles. The van der Waals surface area contributed by atoms with Crippen LogP contribution in [0.5, 0.6) is 0 Å². The van der Waals surface area contributed by atoms with Gasteiger partial charge in [-0.05, 0) is 32.8 Å². The summed E-state index contributed by atoms with van der Waals surface area (Å²) in [5.41, 5.74) is 13.2. The van der Waals surface area contributed by atoms with Gasteiger partial charge in [0.05, 0.1) is 23.5 Å². The van der Waals surface area contributed by atoms with Gasteiger partial charge in [-0.3, -0.25) is 0 Å². The Bertz CT molecular complexity index is 1090. The van der Waals surface area contributed by atoms with Crippen LogP contribution in [0.15, 0.2) is 39.2 Å². The number of nitrogens with two attached hydrogens (primary N) is 2. The Hall–Kier alpha value is -2.40. The molecular formula is C21H26ClN7O2S. The standard InChI is InChI=1S/C21H26ClN7O2S/c1-12-20(32-15-3-6-26-18(24)17(15)22)28-14(10-30)19(27-12)29-7-4-21(5-8-29,13(2)23)16-9-25-11-31-16/h3,6,9,11,13,30H,4-5,7-8,10,23H2,1-2H3,(H2,24,26)/t13-/m0/s1. The molecule has 170 valence electrons. The smallest absolute Gasteiger partial charge is 0.180 e. The number of nitrogens with zero attached hydrogens (tertiary/aromatic N) is 5. The van der Waals surface area contributed by atoms with Crippen LogP contribution in [0.4, 0.5) is 11.6 Å². The molecule has 0 saturated carbocycles. The number of aliphatic hydroxyl groups excluding tert-OH is 1. The molecule has 11 heteroatoms. The van der Waals surface area contributed by atoms with Gasteiger partial charge in [-0.2, -0.15) is 0 Å². The van der Waals surface area contributed by atoms with Crippen molar-refractivity contribution in [3.05, 3.63) is 47.0 Å². The largest absolute Gasteiger partial charge is 0.448 e. The highest BCUT2D eigenvalue weighted by Crippen LogP contribution is 2.40. The van der Waals surface area contributed by atoms with E-state index in [1.165, 1.54) is 18.2 Å². The maximum Gasteiger partial charge on any atom is 0.180 e. The van der Waals surface area contributed by atoms with Crippen molar-refractivity contribution in [3.63, 3.8) is 0 Å². The normalized spacial score (nSPS) is 16.8. The lowest BCUT2D eigenvalue weighted by atomic mass is 9.71. The molecule has 4 rings (SSSR count). The molecule has 4 heterocycles. The zero-order valence-corrected chi connectivity index (χ0v) is 19.5. The van der Waals surface area contributed by atoms with E-state index >= 15 is 0 Å². The number of hydrogen-bond acceptors (Lipinski definition) is 10. The molecular weight excluding hydrogens is 450 g/mol. The monoisotopic (exact) mass is 475 g/mol. The summed E-state index contributed by atoms with van der Waals surface area (Å²) < 4.78 is 5.63. The third kappa shape index (κ3) is 4.15. The van der Waals surface area contributed by atoms with E-state index in [0.29, 0.717) is 34.6 Å². The molecule has 9 nitrogen and oxygen atoms in total. The number of aromatic nitrogens is 4. The topological polar surface area (TPSA) is 140 Å². The Morgan fingerprint density at radius 1 is 1.34 bits per heavy atom. The van der Waals surface area contributed by atoms with Gasteiger partial charge < -0.3 is 25.9 Å². The number of halogens is 1. The predicted molar refractivity (Wildman–Crippen MR) is 124 cm³/mol. The van der Waals surface area contributed by atoms with E-state index in [0.717, 1.165) is 29.2 Å². The van der Waals surface area contributed by atoms with Gasteiger partial charge in [-0.1, -0.05) is 23.4 Å². The minimum absolute atomic E-state index is 0.0842. The van der Waals surface area contributed by atoms with E-state index in [-0.39, 0.29) is 23.9 Å². The SMILES string of the molecule is Cc1nc(N2CCC(c3cnco3)([C@H](C)N)CC2)c(CO)nc1Sc1ccnc(N)c1Cl. The van der Waals surface area contributed by atoms with Gasteiger partial charge in [0.15, 0.2) is 12.2 Å². The average Bonchev–Trinajstić information content (AvgIpc) is 3.33. The van der Waals surface area contributed by atoms with Crippen LogP contribution in [0.2, 0.25) is 5.02 Å². The second-order valence-electron chi connectivity index (χ2n) is 7.95. The van der Waals surface area contributed by atoms with Gasteiger partial charge >= 0.3 is 0 Å². The van der Waals surface area contributed by atoms with Crippen molar-refractivity contribution in [2.45, 2.75) is 54.7 Å². The molecule has 0 unspecified atom stereocenters. The second-order valence-corrected chi connectivity index (χ2v) is 9.36. The highest BCUT2D eigenvalue weighted by Gasteiger charge is 2.42.